The van der Waals surface area contributed by atoms with Gasteiger partial charge in [-0.2, -0.15) is 47.4 Å². The summed E-state index contributed by atoms with van der Waals surface area (Å²) < 4.78 is 92.1. The van der Waals surface area contributed by atoms with Gasteiger partial charge in [0.1, 0.15) is 12.1 Å². The lowest BCUT2D eigenvalue weighted by atomic mass is 9.82. The van der Waals surface area contributed by atoms with Crippen LogP contribution in [0.2, 0.25) is 0 Å². The third-order valence-electron chi connectivity index (χ3n) is 8.38. The van der Waals surface area contributed by atoms with E-state index in [9.17, 15) is 21.0 Å². The molecule has 0 saturated carbocycles. The molecule has 0 fully saturated rings. The van der Waals surface area contributed by atoms with Gasteiger partial charge in [0, 0.05) is 22.3 Å². The molecular formula is C38H12F6N8. The second-order valence-corrected chi connectivity index (χ2v) is 11.1. The first-order chi connectivity index (χ1) is 24.6. The van der Waals surface area contributed by atoms with Gasteiger partial charge in [0.2, 0.25) is 0 Å². The highest BCUT2D eigenvalue weighted by Crippen LogP contribution is 2.61. The molecule has 0 aromatic heterocycles. The van der Waals surface area contributed by atoms with Crippen LogP contribution >= 0.6 is 0 Å². The van der Waals surface area contributed by atoms with Crippen molar-refractivity contribution >= 4 is 45.1 Å². The van der Waals surface area contributed by atoms with Gasteiger partial charge in [-0.3, -0.25) is 0 Å². The quantitative estimate of drug-likeness (QED) is 0.151. The smallest absolute Gasteiger partial charge is 0.238 e. The zero-order valence-electron chi connectivity index (χ0n) is 26.3. The second-order valence-electron chi connectivity index (χ2n) is 11.1. The number of nitriles is 4. The third-order valence-corrected chi connectivity index (χ3v) is 8.38. The molecule has 3 aromatic carbocycles. The number of allylic oxidation sites excluding steroid dienone is 6. The number of fused-ring (bicyclic) bond motifs is 2. The Morgan fingerprint density at radius 2 is 1.19 bits per heavy atom. The average molecular weight is 695 g/mol. The van der Waals surface area contributed by atoms with E-state index in [1.807, 2.05) is 0 Å². The average Bonchev–Trinajstić information content (AvgIpc) is 3.60. The summed E-state index contributed by atoms with van der Waals surface area (Å²) in [4.78, 5) is 13.3. The highest BCUT2D eigenvalue weighted by molar-refractivity contribution is 6.20. The van der Waals surface area contributed by atoms with Crippen molar-refractivity contribution in [3.63, 3.8) is 0 Å². The van der Waals surface area contributed by atoms with Crippen LogP contribution < -0.4 is 0 Å². The Balaban J connectivity index is 2.14. The number of hydrogen-bond donors (Lipinski definition) is 0. The lowest BCUT2D eigenvalue weighted by molar-refractivity contribution is -0.138. The van der Waals surface area contributed by atoms with E-state index >= 15 is 26.3 Å². The molecule has 2 aliphatic rings. The molecule has 14 heteroatoms. The van der Waals surface area contributed by atoms with E-state index < -0.39 is 85.0 Å². The van der Waals surface area contributed by atoms with Gasteiger partial charge in [0.15, 0.2) is 22.8 Å². The maximum absolute atomic E-state index is 15.6. The Bertz CT molecular complexity index is 2630. The highest BCUT2D eigenvalue weighted by atomic mass is 19.4. The topological polar surface area (TPSA) is 113 Å². The predicted molar refractivity (Wildman–Crippen MR) is 175 cm³/mol. The summed E-state index contributed by atoms with van der Waals surface area (Å²) in [6.45, 7) is 33.1. The van der Waals surface area contributed by atoms with Crippen LogP contribution in [-0.2, 0) is 6.18 Å². The molecule has 3 aromatic rings. The van der Waals surface area contributed by atoms with Crippen LogP contribution in [0.4, 0.5) is 37.7 Å². The van der Waals surface area contributed by atoms with Crippen LogP contribution in [0, 0.1) is 78.5 Å². The van der Waals surface area contributed by atoms with Gasteiger partial charge in [-0.25, -0.2) is 19.4 Å². The minimum atomic E-state index is -5.55. The SMILES string of the molecule is [C-]#[N+]C1=C(C)/C(=C(\[N+]#[C-])c2cc(C#N)cc([N+]#[C-])c2)c2c1c(C)c1c(c2C(F)(F)F)C(C#N)=C(C(F)(F)F)/C1=C(\C#N)c1cc(C#N)cc([N+]#[C-])c1. The van der Waals surface area contributed by atoms with Gasteiger partial charge in [0.25, 0.3) is 0 Å². The predicted octanol–water partition coefficient (Wildman–Crippen LogP) is 10.6. The Hall–Kier alpha value is -7.88. The largest absolute Gasteiger partial charge is 0.418 e. The molecule has 2 aliphatic carbocycles. The Morgan fingerprint density at radius 3 is 1.63 bits per heavy atom. The second kappa shape index (κ2) is 12.5. The van der Waals surface area contributed by atoms with E-state index in [0.717, 1.165) is 37.3 Å². The number of nitrogens with zero attached hydrogens (tertiary/aromatic N) is 8. The molecule has 52 heavy (non-hydrogen) atoms. The zero-order valence-corrected chi connectivity index (χ0v) is 26.3. The first-order valence-electron chi connectivity index (χ1n) is 14.3. The fraction of sp³-hybridized carbons (Fsp3) is 0.105. The molecule has 0 heterocycles. The number of hydrogen-bond acceptors (Lipinski definition) is 4. The Morgan fingerprint density at radius 1 is 0.635 bits per heavy atom. The van der Waals surface area contributed by atoms with Crippen molar-refractivity contribution in [3.05, 3.63) is 149 Å². The lowest BCUT2D eigenvalue weighted by Crippen LogP contribution is -2.15. The minimum Gasteiger partial charge on any atom is -0.238 e. The van der Waals surface area contributed by atoms with Crippen LogP contribution in [0.3, 0.4) is 0 Å². The number of alkyl halides is 6. The summed E-state index contributed by atoms with van der Waals surface area (Å²) in [5.74, 6) is 0. The van der Waals surface area contributed by atoms with Crippen molar-refractivity contribution in [1.82, 2.24) is 0 Å². The standard InChI is InChI=1S/C38H12F6N8/c1-17-27-30(25(15-47)21-7-19(13-45)9-23(11-21)49-3)33(37(39,40)41)26(16-48)31(27)34(38(42,43)44)32-28(17)35(51-5)18(2)29(32)36(52-6)22-8-20(14-46)10-24(12-22)50-4/h7-12H,1-2H3/b30-25+,36-29+. The van der Waals surface area contributed by atoms with Crippen LogP contribution in [0.5, 0.6) is 0 Å². The normalized spacial score (nSPS) is 15.1. The Kier molecular flexibility index (Phi) is 8.54. The van der Waals surface area contributed by atoms with Gasteiger partial charge in [-0.05, 0) is 75.7 Å². The number of rotatable bonds is 2. The van der Waals surface area contributed by atoms with Gasteiger partial charge in [-0.1, -0.05) is 19.1 Å². The van der Waals surface area contributed by atoms with Crippen LogP contribution in [-0.4, -0.2) is 6.18 Å². The summed E-state index contributed by atoms with van der Waals surface area (Å²) in [6, 6.07) is 12.9. The molecule has 8 nitrogen and oxygen atoms in total. The third kappa shape index (κ3) is 5.28. The van der Waals surface area contributed by atoms with Crippen molar-refractivity contribution in [3.8, 4) is 24.3 Å². The molecule has 0 N–H and O–H groups in total. The molecule has 0 amide bonds. The number of halogens is 6. The molecule has 0 saturated heterocycles. The first-order valence-corrected chi connectivity index (χ1v) is 14.3. The van der Waals surface area contributed by atoms with Crippen molar-refractivity contribution in [2.24, 2.45) is 0 Å². The molecule has 0 radical (unpaired) electrons. The fourth-order valence-corrected chi connectivity index (χ4v) is 6.51. The zero-order chi connectivity index (χ0) is 38.4. The number of benzene rings is 3. The maximum atomic E-state index is 15.6. The summed E-state index contributed by atoms with van der Waals surface area (Å²) in [5, 5.41) is 39.6. The molecule has 0 unspecified atom stereocenters. The van der Waals surface area contributed by atoms with Crippen LogP contribution in [0.1, 0.15) is 62.6 Å². The van der Waals surface area contributed by atoms with Crippen LogP contribution in [0.15, 0.2) is 47.5 Å². The van der Waals surface area contributed by atoms with E-state index in [-0.39, 0.29) is 39.2 Å². The first kappa shape index (κ1) is 35.4. The minimum absolute atomic E-state index is 0.123. The molecule has 246 valence electrons. The monoisotopic (exact) mass is 694 g/mol. The maximum Gasteiger partial charge on any atom is 0.418 e. The molecular weight excluding hydrogens is 682 g/mol. The van der Waals surface area contributed by atoms with Crippen LogP contribution in [0.25, 0.3) is 53.1 Å². The summed E-state index contributed by atoms with van der Waals surface area (Å²) >= 11 is 0. The van der Waals surface area contributed by atoms with Crippen molar-refractivity contribution in [2.45, 2.75) is 26.2 Å². The fourth-order valence-electron chi connectivity index (χ4n) is 6.51. The summed E-state index contributed by atoms with van der Waals surface area (Å²) in [7, 11) is 0. The van der Waals surface area contributed by atoms with Gasteiger partial charge < -0.3 is 0 Å². The van der Waals surface area contributed by atoms with E-state index in [4.69, 9.17) is 26.3 Å². The highest BCUT2D eigenvalue weighted by Gasteiger charge is 2.52. The Labute approximate surface area is 291 Å². The van der Waals surface area contributed by atoms with Crippen molar-refractivity contribution < 1.29 is 26.3 Å². The van der Waals surface area contributed by atoms with Gasteiger partial charge >= 0.3 is 12.4 Å². The molecule has 0 aliphatic heterocycles. The van der Waals surface area contributed by atoms with E-state index in [1.54, 1.807) is 18.2 Å². The van der Waals surface area contributed by atoms with Gasteiger partial charge in [-0.15, -0.1) is 0 Å². The lowest BCUT2D eigenvalue weighted by Gasteiger charge is -2.23. The van der Waals surface area contributed by atoms with E-state index in [1.165, 1.54) is 19.1 Å². The molecule has 0 spiro atoms. The summed E-state index contributed by atoms with van der Waals surface area (Å²) in [5.41, 5.74) is -14.0. The van der Waals surface area contributed by atoms with Crippen molar-refractivity contribution in [1.29, 1.82) is 21.0 Å². The van der Waals surface area contributed by atoms with E-state index in [0.29, 0.717) is 0 Å². The summed E-state index contributed by atoms with van der Waals surface area (Å²) in [6.07, 6.45) is -11.1. The van der Waals surface area contributed by atoms with Crippen molar-refractivity contribution in [2.75, 3.05) is 0 Å². The van der Waals surface area contributed by atoms with E-state index in [2.05, 4.69) is 19.4 Å². The van der Waals surface area contributed by atoms with Gasteiger partial charge in [0.05, 0.1) is 60.7 Å². The molecule has 0 atom stereocenters. The molecule has 5 rings (SSSR count). The molecule has 0 bridgehead atoms.